The summed E-state index contributed by atoms with van der Waals surface area (Å²) in [6.45, 7) is 8.76. The summed E-state index contributed by atoms with van der Waals surface area (Å²) in [6, 6.07) is 8.33. The molecule has 0 aromatic heterocycles. The number of rotatable bonds is 2. The molecule has 2 rings (SSSR count). The highest BCUT2D eigenvalue weighted by atomic mass is 16.3. The number of aliphatic hydroxyl groups excluding tert-OH is 1. The second kappa shape index (κ2) is 5.09. The monoisotopic (exact) mass is 233 g/mol. The van der Waals surface area contributed by atoms with Gasteiger partial charge in [-0.05, 0) is 42.9 Å². The summed E-state index contributed by atoms with van der Waals surface area (Å²) >= 11 is 0. The third-order valence-electron chi connectivity index (χ3n) is 3.61. The van der Waals surface area contributed by atoms with Gasteiger partial charge >= 0.3 is 0 Å². The Morgan fingerprint density at radius 2 is 1.65 bits per heavy atom. The van der Waals surface area contributed by atoms with E-state index in [2.05, 4.69) is 30.9 Å². The Balaban J connectivity index is 2.11. The Labute approximate surface area is 104 Å². The molecule has 1 fully saturated rings. The van der Waals surface area contributed by atoms with Crippen molar-refractivity contribution in [2.45, 2.75) is 33.3 Å². The first-order valence-corrected chi connectivity index (χ1v) is 6.59. The predicted octanol–water partition coefficient (Wildman–Crippen LogP) is 3.22. The van der Waals surface area contributed by atoms with Crippen molar-refractivity contribution >= 4 is 5.69 Å². The van der Waals surface area contributed by atoms with Crippen molar-refractivity contribution in [1.82, 2.24) is 0 Å². The molecule has 1 aromatic carbocycles. The van der Waals surface area contributed by atoms with E-state index in [0.717, 1.165) is 30.5 Å². The van der Waals surface area contributed by atoms with Gasteiger partial charge in [-0.2, -0.15) is 0 Å². The first kappa shape index (κ1) is 12.4. The summed E-state index contributed by atoms with van der Waals surface area (Å²) < 4.78 is 0. The van der Waals surface area contributed by atoms with E-state index in [1.54, 1.807) is 6.92 Å². The van der Waals surface area contributed by atoms with Crippen molar-refractivity contribution in [3.63, 3.8) is 0 Å². The summed E-state index contributed by atoms with van der Waals surface area (Å²) in [6.07, 6.45) is 0.964. The van der Waals surface area contributed by atoms with Gasteiger partial charge in [-0.1, -0.05) is 26.0 Å². The normalized spacial score (nSPS) is 26.9. The van der Waals surface area contributed by atoms with Crippen molar-refractivity contribution in [3.8, 4) is 0 Å². The van der Waals surface area contributed by atoms with Crippen molar-refractivity contribution < 1.29 is 5.11 Å². The SMILES string of the molecule is CC1CC(C)CN(c2ccc(C(C)O)cc2)C1. The van der Waals surface area contributed by atoms with Crippen LogP contribution in [0.25, 0.3) is 0 Å². The fourth-order valence-corrected chi connectivity index (χ4v) is 2.84. The lowest BCUT2D eigenvalue weighted by atomic mass is 9.91. The van der Waals surface area contributed by atoms with Gasteiger partial charge in [0.15, 0.2) is 0 Å². The molecule has 1 aliphatic heterocycles. The van der Waals surface area contributed by atoms with Gasteiger partial charge in [0.2, 0.25) is 0 Å². The largest absolute Gasteiger partial charge is 0.389 e. The summed E-state index contributed by atoms with van der Waals surface area (Å²) in [4.78, 5) is 2.46. The molecule has 2 nitrogen and oxygen atoms in total. The van der Waals surface area contributed by atoms with Crippen LogP contribution in [0.1, 0.15) is 38.9 Å². The summed E-state index contributed by atoms with van der Waals surface area (Å²) in [7, 11) is 0. The zero-order valence-corrected chi connectivity index (χ0v) is 11.1. The number of anilines is 1. The second-order valence-corrected chi connectivity index (χ2v) is 5.62. The van der Waals surface area contributed by atoms with Gasteiger partial charge in [-0.15, -0.1) is 0 Å². The molecule has 0 radical (unpaired) electrons. The molecule has 1 N–H and O–H groups in total. The number of aliphatic hydroxyl groups is 1. The molecule has 1 saturated heterocycles. The molecule has 3 unspecified atom stereocenters. The van der Waals surface area contributed by atoms with Gasteiger partial charge < -0.3 is 10.0 Å². The standard InChI is InChI=1S/C15H23NO/c1-11-8-12(2)10-16(9-11)15-6-4-14(5-7-15)13(3)17/h4-7,11-13,17H,8-10H2,1-3H3. The molecular formula is C15H23NO. The minimum atomic E-state index is -0.372. The van der Waals surface area contributed by atoms with Crippen LogP contribution in [0.15, 0.2) is 24.3 Å². The Morgan fingerprint density at radius 1 is 1.12 bits per heavy atom. The zero-order chi connectivity index (χ0) is 12.4. The molecular weight excluding hydrogens is 210 g/mol. The van der Waals surface area contributed by atoms with Crippen LogP contribution in [0.3, 0.4) is 0 Å². The molecule has 1 aromatic rings. The molecule has 0 bridgehead atoms. The van der Waals surface area contributed by atoms with Crippen LogP contribution in [0.5, 0.6) is 0 Å². The molecule has 17 heavy (non-hydrogen) atoms. The predicted molar refractivity (Wildman–Crippen MR) is 72.2 cm³/mol. The third kappa shape index (κ3) is 3.01. The number of piperidine rings is 1. The van der Waals surface area contributed by atoms with Crippen molar-refractivity contribution in [2.24, 2.45) is 11.8 Å². The maximum absolute atomic E-state index is 9.50. The lowest BCUT2D eigenvalue weighted by molar-refractivity contribution is 0.199. The first-order valence-electron chi connectivity index (χ1n) is 6.59. The summed E-state index contributed by atoms with van der Waals surface area (Å²) in [5.74, 6) is 1.55. The van der Waals surface area contributed by atoms with Crippen LogP contribution in [0.4, 0.5) is 5.69 Å². The smallest absolute Gasteiger partial charge is 0.0761 e. The number of hydrogen-bond donors (Lipinski definition) is 1. The number of benzene rings is 1. The Kier molecular flexibility index (Phi) is 3.72. The van der Waals surface area contributed by atoms with E-state index in [9.17, 15) is 5.11 Å². The average Bonchev–Trinajstić information content (AvgIpc) is 2.28. The van der Waals surface area contributed by atoms with E-state index in [0.29, 0.717) is 0 Å². The van der Waals surface area contributed by atoms with Crippen LogP contribution in [-0.2, 0) is 0 Å². The Bertz CT molecular complexity index is 348. The topological polar surface area (TPSA) is 23.5 Å². The quantitative estimate of drug-likeness (QED) is 0.847. The number of nitrogens with zero attached hydrogens (tertiary/aromatic N) is 1. The fraction of sp³-hybridized carbons (Fsp3) is 0.600. The summed E-state index contributed by atoms with van der Waals surface area (Å²) in [5.41, 5.74) is 2.28. The molecule has 3 atom stereocenters. The van der Waals surface area contributed by atoms with Gasteiger partial charge in [0.1, 0.15) is 0 Å². The van der Waals surface area contributed by atoms with Gasteiger partial charge in [0.25, 0.3) is 0 Å². The second-order valence-electron chi connectivity index (χ2n) is 5.62. The van der Waals surface area contributed by atoms with E-state index >= 15 is 0 Å². The maximum Gasteiger partial charge on any atom is 0.0761 e. The molecule has 0 spiro atoms. The molecule has 1 heterocycles. The van der Waals surface area contributed by atoms with E-state index in [1.165, 1.54) is 12.1 Å². The van der Waals surface area contributed by atoms with Gasteiger partial charge in [-0.3, -0.25) is 0 Å². The molecule has 94 valence electrons. The van der Waals surface area contributed by atoms with E-state index in [-0.39, 0.29) is 6.10 Å². The van der Waals surface area contributed by atoms with Crippen LogP contribution in [0.2, 0.25) is 0 Å². The van der Waals surface area contributed by atoms with Gasteiger partial charge in [0.05, 0.1) is 6.10 Å². The highest BCUT2D eigenvalue weighted by Gasteiger charge is 2.21. The molecule has 2 heteroatoms. The molecule has 0 aliphatic carbocycles. The van der Waals surface area contributed by atoms with Crippen molar-refractivity contribution in [2.75, 3.05) is 18.0 Å². The van der Waals surface area contributed by atoms with Crippen LogP contribution >= 0.6 is 0 Å². The molecule has 1 aliphatic rings. The van der Waals surface area contributed by atoms with Gasteiger partial charge in [-0.25, -0.2) is 0 Å². The molecule has 0 saturated carbocycles. The van der Waals surface area contributed by atoms with E-state index in [4.69, 9.17) is 0 Å². The van der Waals surface area contributed by atoms with Gasteiger partial charge in [0, 0.05) is 18.8 Å². The summed E-state index contributed by atoms with van der Waals surface area (Å²) in [5, 5.41) is 9.50. The minimum absolute atomic E-state index is 0.372. The highest BCUT2D eigenvalue weighted by Crippen LogP contribution is 2.27. The maximum atomic E-state index is 9.50. The average molecular weight is 233 g/mol. The third-order valence-corrected chi connectivity index (χ3v) is 3.61. The zero-order valence-electron chi connectivity index (χ0n) is 11.1. The fourth-order valence-electron chi connectivity index (χ4n) is 2.84. The first-order chi connectivity index (χ1) is 8.06. The van der Waals surface area contributed by atoms with Crippen molar-refractivity contribution in [1.29, 1.82) is 0 Å². The van der Waals surface area contributed by atoms with Crippen LogP contribution < -0.4 is 4.90 Å². The van der Waals surface area contributed by atoms with E-state index in [1.807, 2.05) is 12.1 Å². The van der Waals surface area contributed by atoms with Crippen LogP contribution in [-0.4, -0.2) is 18.2 Å². The van der Waals surface area contributed by atoms with Crippen LogP contribution in [0, 0.1) is 11.8 Å². The van der Waals surface area contributed by atoms with E-state index < -0.39 is 0 Å². The molecule has 0 amide bonds. The Hall–Kier alpha value is -1.02. The Morgan fingerprint density at radius 3 is 2.12 bits per heavy atom. The number of hydrogen-bond acceptors (Lipinski definition) is 2. The van der Waals surface area contributed by atoms with Crippen molar-refractivity contribution in [3.05, 3.63) is 29.8 Å². The lowest BCUT2D eigenvalue weighted by Gasteiger charge is -2.36. The lowest BCUT2D eigenvalue weighted by Crippen LogP contribution is -2.38. The minimum Gasteiger partial charge on any atom is -0.389 e. The highest BCUT2D eigenvalue weighted by molar-refractivity contribution is 5.48.